The molecule has 6 heteroatoms. The molecule has 0 amide bonds. The molecule has 1 atom stereocenters. The fourth-order valence-electron chi connectivity index (χ4n) is 2.43. The van der Waals surface area contributed by atoms with Gasteiger partial charge >= 0.3 is 0 Å². The van der Waals surface area contributed by atoms with Gasteiger partial charge in [-0.1, -0.05) is 40.5 Å². The molecule has 0 aliphatic heterocycles. The van der Waals surface area contributed by atoms with Gasteiger partial charge in [0, 0.05) is 23.1 Å². The second-order valence-corrected chi connectivity index (χ2v) is 6.17. The van der Waals surface area contributed by atoms with E-state index in [0.717, 1.165) is 27.8 Å². The summed E-state index contributed by atoms with van der Waals surface area (Å²) in [5, 5.41) is 8.41. The number of likely N-dealkylation sites (N-methyl/N-ethyl adjacent to an activating group) is 1. The lowest BCUT2D eigenvalue weighted by molar-refractivity contribution is 0.544. The first-order valence-corrected chi connectivity index (χ1v) is 7.97. The molecule has 3 nitrogen and oxygen atoms in total. The van der Waals surface area contributed by atoms with Gasteiger partial charge in [0.2, 0.25) is 0 Å². The molecular weight excluding hydrogens is 357 g/mol. The van der Waals surface area contributed by atoms with Gasteiger partial charge in [-0.05, 0) is 37.6 Å². The summed E-state index contributed by atoms with van der Waals surface area (Å²) in [7, 11) is 1.83. The summed E-state index contributed by atoms with van der Waals surface area (Å²) in [6.07, 6.45) is 0.705. The van der Waals surface area contributed by atoms with Gasteiger partial charge in [-0.15, -0.1) is 0 Å². The van der Waals surface area contributed by atoms with Gasteiger partial charge in [-0.3, -0.25) is 4.68 Å². The molecule has 1 aromatic carbocycles. The van der Waals surface area contributed by atoms with Crippen molar-refractivity contribution in [2.24, 2.45) is 7.05 Å². The first-order valence-electron chi connectivity index (χ1n) is 6.80. The van der Waals surface area contributed by atoms with E-state index in [9.17, 15) is 4.39 Å². The van der Waals surface area contributed by atoms with E-state index in [1.54, 1.807) is 10.7 Å². The lowest BCUT2D eigenvalue weighted by atomic mass is 9.99. The minimum Gasteiger partial charge on any atom is -0.310 e. The van der Waals surface area contributed by atoms with E-state index in [-0.39, 0.29) is 11.9 Å². The highest BCUT2D eigenvalue weighted by Gasteiger charge is 2.20. The van der Waals surface area contributed by atoms with E-state index >= 15 is 0 Å². The minimum absolute atomic E-state index is 0.0466. The molecule has 2 rings (SSSR count). The van der Waals surface area contributed by atoms with Crippen molar-refractivity contribution >= 4 is 27.5 Å². The third kappa shape index (κ3) is 3.65. The Morgan fingerprint density at radius 1 is 1.48 bits per heavy atom. The van der Waals surface area contributed by atoms with Crippen LogP contribution in [0.4, 0.5) is 4.39 Å². The maximum Gasteiger partial charge on any atom is 0.130 e. The average molecular weight is 375 g/mol. The summed E-state index contributed by atoms with van der Waals surface area (Å²) in [6, 6.07) is 4.80. The number of aryl methyl sites for hydroxylation is 2. The van der Waals surface area contributed by atoms with Crippen LogP contribution in [0.25, 0.3) is 0 Å². The maximum absolute atomic E-state index is 13.3. The molecule has 1 unspecified atom stereocenters. The Hall–Kier alpha value is -0.910. The predicted molar refractivity (Wildman–Crippen MR) is 87.2 cm³/mol. The first kappa shape index (κ1) is 16.5. The van der Waals surface area contributed by atoms with Crippen molar-refractivity contribution in [3.8, 4) is 0 Å². The summed E-state index contributed by atoms with van der Waals surface area (Å²) in [5.41, 5.74) is 2.95. The van der Waals surface area contributed by atoms with E-state index in [2.05, 4.69) is 26.3 Å². The van der Waals surface area contributed by atoms with Gasteiger partial charge in [0.05, 0.1) is 5.69 Å². The summed E-state index contributed by atoms with van der Waals surface area (Å²) >= 11 is 9.75. The van der Waals surface area contributed by atoms with Crippen LogP contribution >= 0.6 is 27.5 Å². The van der Waals surface area contributed by atoms with Crippen molar-refractivity contribution < 1.29 is 4.39 Å². The van der Waals surface area contributed by atoms with E-state index in [0.29, 0.717) is 11.6 Å². The maximum atomic E-state index is 13.3. The van der Waals surface area contributed by atoms with E-state index in [1.807, 2.05) is 20.9 Å². The number of benzene rings is 1. The van der Waals surface area contributed by atoms with Crippen molar-refractivity contribution in [1.29, 1.82) is 0 Å². The molecular formula is C15H18BrClFN3. The lowest BCUT2D eigenvalue weighted by Gasteiger charge is -2.20. The third-order valence-electron chi connectivity index (χ3n) is 3.47. The monoisotopic (exact) mass is 373 g/mol. The van der Waals surface area contributed by atoms with Crippen molar-refractivity contribution in [3.05, 3.63) is 50.5 Å². The molecule has 0 saturated carbocycles. The Labute approximate surface area is 137 Å². The quantitative estimate of drug-likeness (QED) is 0.851. The van der Waals surface area contributed by atoms with E-state index < -0.39 is 0 Å². The number of halogens is 3. The van der Waals surface area contributed by atoms with Crippen LogP contribution in [0.3, 0.4) is 0 Å². The van der Waals surface area contributed by atoms with Crippen LogP contribution in [0.15, 0.2) is 22.7 Å². The summed E-state index contributed by atoms with van der Waals surface area (Å²) < 4.78 is 15.7. The fourth-order valence-corrected chi connectivity index (χ4v) is 3.31. The Morgan fingerprint density at radius 2 is 2.19 bits per heavy atom. The topological polar surface area (TPSA) is 29.9 Å². The highest BCUT2D eigenvalue weighted by molar-refractivity contribution is 9.10. The van der Waals surface area contributed by atoms with Crippen LogP contribution < -0.4 is 5.32 Å². The van der Waals surface area contributed by atoms with E-state index in [4.69, 9.17) is 11.6 Å². The van der Waals surface area contributed by atoms with Gasteiger partial charge in [0.1, 0.15) is 11.0 Å². The Morgan fingerprint density at radius 3 is 2.71 bits per heavy atom. The SMILES string of the molecule is CCNC(Cc1c(C)nn(C)c1Cl)c1ccc(F)cc1Br. The molecule has 1 heterocycles. The molecule has 21 heavy (non-hydrogen) atoms. The van der Waals surface area contributed by atoms with Crippen molar-refractivity contribution in [3.63, 3.8) is 0 Å². The summed E-state index contributed by atoms with van der Waals surface area (Å²) in [5.74, 6) is -0.253. The Balaban J connectivity index is 2.35. The van der Waals surface area contributed by atoms with Crippen molar-refractivity contribution in [1.82, 2.24) is 15.1 Å². The fraction of sp³-hybridized carbons (Fsp3) is 0.400. The molecule has 0 bridgehead atoms. The van der Waals surface area contributed by atoms with Crippen LogP contribution in [0, 0.1) is 12.7 Å². The zero-order valence-corrected chi connectivity index (χ0v) is 14.6. The number of rotatable bonds is 5. The number of nitrogens with one attached hydrogen (secondary N) is 1. The highest BCUT2D eigenvalue weighted by Crippen LogP contribution is 2.30. The molecule has 0 saturated heterocycles. The molecule has 0 aliphatic carbocycles. The Kier molecular flexibility index (Phi) is 5.41. The van der Waals surface area contributed by atoms with Crippen LogP contribution in [-0.2, 0) is 13.5 Å². The largest absolute Gasteiger partial charge is 0.310 e. The zero-order valence-electron chi connectivity index (χ0n) is 12.3. The second kappa shape index (κ2) is 6.90. The molecule has 1 aromatic heterocycles. The summed E-state index contributed by atoms with van der Waals surface area (Å²) in [4.78, 5) is 0. The van der Waals surface area contributed by atoms with Gasteiger partial charge < -0.3 is 5.32 Å². The van der Waals surface area contributed by atoms with Crippen LogP contribution in [0.2, 0.25) is 5.15 Å². The minimum atomic E-state index is -0.253. The smallest absolute Gasteiger partial charge is 0.130 e. The Bertz CT molecular complexity index is 642. The number of hydrogen-bond donors (Lipinski definition) is 1. The molecule has 114 valence electrons. The second-order valence-electron chi connectivity index (χ2n) is 4.96. The molecule has 1 N–H and O–H groups in total. The number of hydrogen-bond acceptors (Lipinski definition) is 2. The van der Waals surface area contributed by atoms with E-state index in [1.165, 1.54) is 12.1 Å². The van der Waals surface area contributed by atoms with Crippen molar-refractivity contribution in [2.75, 3.05) is 6.54 Å². The van der Waals surface area contributed by atoms with Crippen LogP contribution in [0.5, 0.6) is 0 Å². The molecule has 0 radical (unpaired) electrons. The third-order valence-corrected chi connectivity index (χ3v) is 4.63. The normalized spacial score (nSPS) is 12.7. The van der Waals surface area contributed by atoms with Gasteiger partial charge in [0.15, 0.2) is 0 Å². The van der Waals surface area contributed by atoms with Gasteiger partial charge in [-0.2, -0.15) is 5.10 Å². The zero-order chi connectivity index (χ0) is 15.6. The molecule has 2 aromatic rings. The van der Waals surface area contributed by atoms with Crippen LogP contribution in [-0.4, -0.2) is 16.3 Å². The van der Waals surface area contributed by atoms with Gasteiger partial charge in [-0.25, -0.2) is 4.39 Å². The highest BCUT2D eigenvalue weighted by atomic mass is 79.9. The number of nitrogens with zero attached hydrogens (tertiary/aromatic N) is 2. The standard InChI is InChI=1S/C15H18BrClFN3/c1-4-19-14(11-6-5-10(18)7-13(11)16)8-12-9(2)20-21(3)15(12)17/h5-7,14,19H,4,8H2,1-3H3. The first-order chi connectivity index (χ1) is 9.93. The predicted octanol–water partition coefficient (Wildman–Crippen LogP) is 4.18. The van der Waals surface area contributed by atoms with Gasteiger partial charge in [0.25, 0.3) is 0 Å². The summed E-state index contributed by atoms with van der Waals surface area (Å²) in [6.45, 7) is 4.80. The lowest BCUT2D eigenvalue weighted by Crippen LogP contribution is -2.23. The molecule has 0 fully saturated rings. The average Bonchev–Trinajstić information content (AvgIpc) is 2.65. The van der Waals surface area contributed by atoms with Crippen molar-refractivity contribution in [2.45, 2.75) is 26.3 Å². The molecule has 0 spiro atoms. The van der Waals surface area contributed by atoms with Crippen LogP contribution in [0.1, 0.15) is 29.8 Å². The number of aromatic nitrogens is 2. The molecule has 0 aliphatic rings.